The second-order valence-corrected chi connectivity index (χ2v) is 12.3. The summed E-state index contributed by atoms with van der Waals surface area (Å²) in [5, 5.41) is 5.16. The summed E-state index contributed by atoms with van der Waals surface area (Å²) in [4.78, 5) is 23.9. The van der Waals surface area contributed by atoms with Crippen LogP contribution in [0.25, 0.3) is 22.3 Å². The lowest BCUT2D eigenvalue weighted by Crippen LogP contribution is -2.43. The summed E-state index contributed by atoms with van der Waals surface area (Å²) >= 11 is 13.3. The van der Waals surface area contributed by atoms with Crippen LogP contribution in [-0.4, -0.2) is 44.2 Å². The van der Waals surface area contributed by atoms with Crippen molar-refractivity contribution in [3.8, 4) is 11.3 Å². The molecule has 41 heavy (non-hydrogen) atoms. The van der Waals surface area contributed by atoms with Crippen LogP contribution in [0.5, 0.6) is 0 Å². The number of aromatic nitrogens is 3. The van der Waals surface area contributed by atoms with Crippen molar-refractivity contribution in [2.24, 2.45) is 5.92 Å². The highest BCUT2D eigenvalue weighted by molar-refractivity contribution is 6.39. The van der Waals surface area contributed by atoms with Gasteiger partial charge in [0.2, 0.25) is 5.95 Å². The van der Waals surface area contributed by atoms with Crippen LogP contribution in [0.2, 0.25) is 10.0 Å². The Kier molecular flexibility index (Phi) is 8.71. The molecule has 0 radical (unpaired) electrons. The molecular weight excluding hydrogens is 564 g/mol. The van der Waals surface area contributed by atoms with Gasteiger partial charge in [0.05, 0.1) is 15.7 Å². The monoisotopic (exact) mass is 597 g/mol. The predicted octanol–water partition coefficient (Wildman–Crippen LogP) is 8.19. The van der Waals surface area contributed by atoms with Gasteiger partial charge in [-0.25, -0.2) is 14.2 Å². The average molecular weight is 599 g/mol. The van der Waals surface area contributed by atoms with E-state index in [2.05, 4.69) is 14.9 Å². The Morgan fingerprint density at radius 3 is 2.63 bits per heavy atom. The van der Waals surface area contributed by atoms with Crippen LogP contribution >= 0.6 is 23.2 Å². The number of amides is 1. The molecule has 1 atom stereocenters. The van der Waals surface area contributed by atoms with Crippen molar-refractivity contribution >= 4 is 46.3 Å². The van der Waals surface area contributed by atoms with Crippen molar-refractivity contribution in [3.63, 3.8) is 0 Å². The topological polar surface area (TPSA) is 72.3 Å². The molecule has 1 amide bonds. The zero-order valence-corrected chi connectivity index (χ0v) is 25.0. The van der Waals surface area contributed by atoms with E-state index >= 15 is 0 Å². The number of nitrogens with zero attached hydrogens (tertiary/aromatic N) is 4. The number of hydrogen-bond donors (Lipinski definition) is 1. The molecule has 1 saturated heterocycles. The molecule has 1 aliphatic heterocycles. The molecule has 0 saturated carbocycles. The van der Waals surface area contributed by atoms with Crippen molar-refractivity contribution in [3.05, 3.63) is 76.2 Å². The largest absolute Gasteiger partial charge is 0.444 e. The number of piperidine rings is 1. The first kappa shape index (κ1) is 29.1. The standard InChI is InChI=1S/C31H34Cl2FN5O2/c1-31(2,3)41-30(40)38-13-6-8-20(19-38)12-14-39-26(27-24(32)10-5-11-25(27)33)16-22-18-36-29(37-28(22)39)35-17-21-7-4-9-23(34)15-21/h4-5,7,9-11,15-16,18,20H,6,8,12-14,17,19H2,1-3H3,(H,35,36,37)/t20-/m0/s1. The van der Waals surface area contributed by atoms with Gasteiger partial charge in [-0.2, -0.15) is 4.98 Å². The molecule has 10 heteroatoms. The number of carbonyl (C=O) groups excluding carboxylic acids is 1. The molecule has 2 aromatic carbocycles. The van der Waals surface area contributed by atoms with Crippen LogP contribution in [-0.2, 0) is 17.8 Å². The lowest BCUT2D eigenvalue weighted by Gasteiger charge is -2.34. The lowest BCUT2D eigenvalue weighted by molar-refractivity contribution is 0.0160. The van der Waals surface area contributed by atoms with Crippen LogP contribution in [0.3, 0.4) is 0 Å². The highest BCUT2D eigenvalue weighted by Gasteiger charge is 2.28. The number of likely N-dealkylation sites (tertiary alicyclic amines) is 1. The molecular formula is C31H34Cl2FN5O2. The zero-order chi connectivity index (χ0) is 29.1. The van der Waals surface area contributed by atoms with Crippen LogP contribution < -0.4 is 5.32 Å². The van der Waals surface area contributed by atoms with Crippen LogP contribution in [0, 0.1) is 11.7 Å². The Labute approximate surface area is 249 Å². The first-order valence-electron chi connectivity index (χ1n) is 13.8. The maximum absolute atomic E-state index is 13.6. The van der Waals surface area contributed by atoms with Gasteiger partial charge in [0.25, 0.3) is 0 Å². The van der Waals surface area contributed by atoms with E-state index in [0.29, 0.717) is 48.1 Å². The quantitative estimate of drug-likeness (QED) is 0.232. The molecule has 1 N–H and O–H groups in total. The van der Waals surface area contributed by atoms with Crippen LogP contribution in [0.4, 0.5) is 15.1 Å². The number of aryl methyl sites for hydroxylation is 1. The van der Waals surface area contributed by atoms with Gasteiger partial charge < -0.3 is 19.5 Å². The number of anilines is 1. The number of rotatable bonds is 7. The van der Waals surface area contributed by atoms with E-state index in [0.717, 1.165) is 47.1 Å². The van der Waals surface area contributed by atoms with Gasteiger partial charge in [-0.1, -0.05) is 41.4 Å². The molecule has 5 rings (SSSR count). The van der Waals surface area contributed by atoms with Crippen molar-refractivity contribution in [2.45, 2.75) is 58.7 Å². The summed E-state index contributed by atoms with van der Waals surface area (Å²) < 4.78 is 21.4. The normalized spacial score (nSPS) is 15.8. The van der Waals surface area contributed by atoms with Gasteiger partial charge >= 0.3 is 6.09 Å². The van der Waals surface area contributed by atoms with Crippen molar-refractivity contribution < 1.29 is 13.9 Å². The highest BCUT2D eigenvalue weighted by atomic mass is 35.5. The SMILES string of the molecule is CC(C)(C)OC(=O)N1CCC[C@@H](CCn2c(-c3c(Cl)cccc3Cl)cc3cnc(NCc4cccc(F)c4)nc32)C1. The minimum absolute atomic E-state index is 0.265. The number of benzene rings is 2. The minimum Gasteiger partial charge on any atom is -0.444 e. The number of ether oxygens (including phenoxy) is 1. The zero-order valence-electron chi connectivity index (χ0n) is 23.5. The Morgan fingerprint density at radius 2 is 1.90 bits per heavy atom. The fraction of sp³-hybridized carbons (Fsp3) is 0.387. The molecule has 2 aromatic heterocycles. The number of carbonyl (C=O) groups is 1. The molecule has 1 fully saturated rings. The number of nitrogens with one attached hydrogen (secondary N) is 1. The van der Waals surface area contributed by atoms with Crippen molar-refractivity contribution in [1.82, 2.24) is 19.4 Å². The average Bonchev–Trinajstić information content (AvgIpc) is 3.27. The highest BCUT2D eigenvalue weighted by Crippen LogP contribution is 2.38. The van der Waals surface area contributed by atoms with E-state index in [1.165, 1.54) is 12.1 Å². The number of fused-ring (bicyclic) bond motifs is 1. The Morgan fingerprint density at radius 1 is 1.15 bits per heavy atom. The fourth-order valence-electron chi connectivity index (χ4n) is 5.23. The van der Waals surface area contributed by atoms with Crippen molar-refractivity contribution in [2.75, 3.05) is 18.4 Å². The molecule has 7 nitrogen and oxygen atoms in total. The van der Waals surface area contributed by atoms with E-state index in [1.54, 1.807) is 12.3 Å². The summed E-state index contributed by atoms with van der Waals surface area (Å²) in [5.74, 6) is 0.450. The maximum atomic E-state index is 13.6. The maximum Gasteiger partial charge on any atom is 0.410 e. The molecule has 216 valence electrons. The van der Waals surface area contributed by atoms with E-state index in [9.17, 15) is 9.18 Å². The number of halogens is 3. The fourth-order valence-corrected chi connectivity index (χ4v) is 5.82. The first-order chi connectivity index (χ1) is 19.6. The van der Waals surface area contributed by atoms with Gasteiger partial charge in [-0.15, -0.1) is 0 Å². The third-order valence-corrected chi connectivity index (χ3v) is 7.75. The molecule has 1 aliphatic rings. The second kappa shape index (κ2) is 12.2. The molecule has 0 bridgehead atoms. The van der Waals surface area contributed by atoms with E-state index < -0.39 is 5.60 Å². The molecule has 0 unspecified atom stereocenters. The third-order valence-electron chi connectivity index (χ3n) is 7.12. The minimum atomic E-state index is -0.530. The van der Waals surface area contributed by atoms with E-state index in [4.69, 9.17) is 32.9 Å². The van der Waals surface area contributed by atoms with Gasteiger partial charge in [0, 0.05) is 43.3 Å². The Bertz CT molecular complexity index is 1530. The molecule has 3 heterocycles. The van der Waals surface area contributed by atoms with Crippen molar-refractivity contribution in [1.29, 1.82) is 0 Å². The van der Waals surface area contributed by atoms with E-state index in [1.807, 2.05) is 56.0 Å². The van der Waals surface area contributed by atoms with Gasteiger partial charge in [0.15, 0.2) is 0 Å². The summed E-state index contributed by atoms with van der Waals surface area (Å²) in [6.45, 7) is 8.02. The van der Waals surface area contributed by atoms with Crippen LogP contribution in [0.1, 0.15) is 45.6 Å². The van der Waals surface area contributed by atoms with E-state index in [-0.39, 0.29) is 11.9 Å². The third kappa shape index (κ3) is 7.11. The summed E-state index contributed by atoms with van der Waals surface area (Å²) in [6.07, 6.45) is 4.28. The Hall–Kier alpha value is -3.36. The molecule has 0 aliphatic carbocycles. The molecule has 0 spiro atoms. The Balaban J connectivity index is 1.42. The van der Waals surface area contributed by atoms with Gasteiger partial charge in [0.1, 0.15) is 17.1 Å². The van der Waals surface area contributed by atoms with Crippen LogP contribution in [0.15, 0.2) is 54.7 Å². The smallest absolute Gasteiger partial charge is 0.410 e. The summed E-state index contributed by atoms with van der Waals surface area (Å²) in [5.41, 5.74) is 2.60. The second-order valence-electron chi connectivity index (χ2n) is 11.5. The summed E-state index contributed by atoms with van der Waals surface area (Å²) in [7, 11) is 0. The summed E-state index contributed by atoms with van der Waals surface area (Å²) in [6, 6.07) is 13.9. The predicted molar refractivity (Wildman–Crippen MR) is 162 cm³/mol. The van der Waals surface area contributed by atoms with Gasteiger partial charge in [-0.05, 0) is 81.8 Å². The van der Waals surface area contributed by atoms with Gasteiger partial charge in [-0.3, -0.25) is 0 Å². The lowest BCUT2D eigenvalue weighted by atomic mass is 9.95. The first-order valence-corrected chi connectivity index (χ1v) is 14.6. The molecule has 4 aromatic rings. The number of hydrogen-bond acceptors (Lipinski definition) is 5.